The second-order valence-corrected chi connectivity index (χ2v) is 4.17. The zero-order valence-electron chi connectivity index (χ0n) is 8.25. The van der Waals surface area contributed by atoms with Gasteiger partial charge in [-0.05, 0) is 26.2 Å². The van der Waals surface area contributed by atoms with Crippen LogP contribution in [0.1, 0.15) is 27.2 Å². The van der Waals surface area contributed by atoms with Gasteiger partial charge in [0.15, 0.2) is 0 Å². The molecule has 0 aromatic heterocycles. The highest BCUT2D eigenvalue weighted by atomic mass is 15.2. The summed E-state index contributed by atoms with van der Waals surface area (Å²) in [5, 5.41) is 8.67. The summed E-state index contributed by atoms with van der Waals surface area (Å²) in [4.78, 5) is 2.43. The molecule has 1 aliphatic heterocycles. The standard InChI is InChI=1S/C10H18N2/c1-8-4-10(3)12(6-8)7-9(2)5-11/h8-10H,4,6-7H2,1-3H3. The highest BCUT2D eigenvalue weighted by Gasteiger charge is 2.26. The van der Waals surface area contributed by atoms with Crippen molar-refractivity contribution in [1.82, 2.24) is 4.90 Å². The normalized spacial score (nSPS) is 33.2. The molecule has 3 atom stereocenters. The third-order valence-electron chi connectivity index (χ3n) is 2.64. The van der Waals surface area contributed by atoms with Crippen LogP contribution < -0.4 is 0 Å². The second kappa shape index (κ2) is 3.91. The molecule has 0 aromatic rings. The van der Waals surface area contributed by atoms with Crippen molar-refractivity contribution in [3.8, 4) is 6.07 Å². The maximum Gasteiger partial charge on any atom is 0.0666 e. The Bertz CT molecular complexity index is 183. The molecule has 1 saturated heterocycles. The van der Waals surface area contributed by atoms with Gasteiger partial charge in [-0.3, -0.25) is 4.90 Å². The van der Waals surface area contributed by atoms with E-state index >= 15 is 0 Å². The Kier molecular flexibility index (Phi) is 3.11. The van der Waals surface area contributed by atoms with Gasteiger partial charge in [-0.2, -0.15) is 5.26 Å². The molecular formula is C10H18N2. The Hall–Kier alpha value is -0.550. The fourth-order valence-corrected chi connectivity index (χ4v) is 2.03. The Morgan fingerprint density at radius 3 is 2.67 bits per heavy atom. The van der Waals surface area contributed by atoms with Crippen molar-refractivity contribution < 1.29 is 0 Å². The van der Waals surface area contributed by atoms with Crippen LogP contribution >= 0.6 is 0 Å². The van der Waals surface area contributed by atoms with E-state index in [1.165, 1.54) is 13.0 Å². The predicted octanol–water partition coefficient (Wildman–Crippen LogP) is 1.88. The number of nitriles is 1. The van der Waals surface area contributed by atoms with E-state index in [9.17, 15) is 0 Å². The van der Waals surface area contributed by atoms with Crippen molar-refractivity contribution >= 4 is 0 Å². The molecule has 0 amide bonds. The number of hydrogen-bond acceptors (Lipinski definition) is 2. The van der Waals surface area contributed by atoms with Crippen LogP contribution in [0.2, 0.25) is 0 Å². The molecule has 0 aliphatic carbocycles. The fourth-order valence-electron chi connectivity index (χ4n) is 2.03. The predicted molar refractivity (Wildman–Crippen MR) is 49.6 cm³/mol. The van der Waals surface area contributed by atoms with Crippen LogP contribution in [0.3, 0.4) is 0 Å². The van der Waals surface area contributed by atoms with Crippen molar-refractivity contribution in [2.45, 2.75) is 33.2 Å². The first-order valence-corrected chi connectivity index (χ1v) is 4.77. The van der Waals surface area contributed by atoms with Gasteiger partial charge in [-0.25, -0.2) is 0 Å². The summed E-state index contributed by atoms with van der Waals surface area (Å²) < 4.78 is 0. The molecule has 2 heteroatoms. The highest BCUT2D eigenvalue weighted by Crippen LogP contribution is 2.22. The molecule has 0 aromatic carbocycles. The molecular weight excluding hydrogens is 148 g/mol. The summed E-state index contributed by atoms with van der Waals surface area (Å²) in [6, 6.07) is 2.96. The smallest absolute Gasteiger partial charge is 0.0666 e. The minimum absolute atomic E-state index is 0.178. The molecule has 68 valence electrons. The van der Waals surface area contributed by atoms with E-state index < -0.39 is 0 Å². The summed E-state index contributed by atoms with van der Waals surface area (Å²) in [5.41, 5.74) is 0. The molecule has 0 N–H and O–H groups in total. The van der Waals surface area contributed by atoms with Gasteiger partial charge in [-0.1, -0.05) is 6.92 Å². The lowest BCUT2D eigenvalue weighted by molar-refractivity contribution is 0.247. The van der Waals surface area contributed by atoms with Gasteiger partial charge in [0, 0.05) is 19.1 Å². The summed E-state index contributed by atoms with van der Waals surface area (Å²) in [5.74, 6) is 0.989. The van der Waals surface area contributed by atoms with Crippen molar-refractivity contribution in [2.75, 3.05) is 13.1 Å². The summed E-state index contributed by atoms with van der Waals surface area (Å²) in [6.07, 6.45) is 1.29. The zero-order chi connectivity index (χ0) is 9.14. The lowest BCUT2D eigenvalue weighted by Crippen LogP contribution is -2.31. The molecule has 1 heterocycles. The first kappa shape index (κ1) is 9.54. The van der Waals surface area contributed by atoms with Crippen LogP contribution in [0, 0.1) is 23.2 Å². The minimum atomic E-state index is 0.178. The van der Waals surface area contributed by atoms with E-state index in [2.05, 4.69) is 24.8 Å². The summed E-state index contributed by atoms with van der Waals surface area (Å²) in [6.45, 7) is 8.66. The maximum atomic E-state index is 8.67. The van der Waals surface area contributed by atoms with Gasteiger partial charge in [0.25, 0.3) is 0 Å². The fraction of sp³-hybridized carbons (Fsp3) is 0.900. The maximum absolute atomic E-state index is 8.67. The van der Waals surface area contributed by atoms with Crippen molar-refractivity contribution in [3.63, 3.8) is 0 Å². The number of likely N-dealkylation sites (tertiary alicyclic amines) is 1. The van der Waals surface area contributed by atoms with E-state index in [1.54, 1.807) is 0 Å². The Morgan fingerprint density at radius 1 is 1.58 bits per heavy atom. The average Bonchev–Trinajstić information content (AvgIpc) is 2.30. The topological polar surface area (TPSA) is 27.0 Å². The van der Waals surface area contributed by atoms with Crippen LogP contribution in [-0.2, 0) is 0 Å². The van der Waals surface area contributed by atoms with Gasteiger partial charge in [0.1, 0.15) is 0 Å². The van der Waals surface area contributed by atoms with E-state index in [-0.39, 0.29) is 5.92 Å². The largest absolute Gasteiger partial charge is 0.299 e. The molecule has 1 rings (SSSR count). The van der Waals surface area contributed by atoms with Crippen LogP contribution in [0.4, 0.5) is 0 Å². The van der Waals surface area contributed by atoms with Crippen molar-refractivity contribution in [1.29, 1.82) is 5.26 Å². The van der Waals surface area contributed by atoms with E-state index in [1.807, 2.05) is 6.92 Å². The number of hydrogen-bond donors (Lipinski definition) is 0. The Balaban J connectivity index is 2.39. The molecule has 0 saturated carbocycles. The molecule has 1 aliphatic rings. The molecule has 0 spiro atoms. The molecule has 2 nitrogen and oxygen atoms in total. The molecule has 0 radical (unpaired) electrons. The van der Waals surface area contributed by atoms with Crippen molar-refractivity contribution in [3.05, 3.63) is 0 Å². The highest BCUT2D eigenvalue weighted by molar-refractivity contribution is 4.87. The third-order valence-corrected chi connectivity index (χ3v) is 2.64. The number of nitrogens with zero attached hydrogens (tertiary/aromatic N) is 2. The number of rotatable bonds is 2. The summed E-state index contributed by atoms with van der Waals surface area (Å²) >= 11 is 0. The van der Waals surface area contributed by atoms with Gasteiger partial charge in [0.2, 0.25) is 0 Å². The lowest BCUT2D eigenvalue weighted by atomic mass is 10.1. The third kappa shape index (κ3) is 2.22. The molecule has 3 unspecified atom stereocenters. The Morgan fingerprint density at radius 2 is 2.25 bits per heavy atom. The minimum Gasteiger partial charge on any atom is -0.299 e. The van der Waals surface area contributed by atoms with E-state index in [4.69, 9.17) is 5.26 Å². The van der Waals surface area contributed by atoms with Crippen LogP contribution in [0.15, 0.2) is 0 Å². The molecule has 1 fully saturated rings. The second-order valence-electron chi connectivity index (χ2n) is 4.17. The first-order chi connectivity index (χ1) is 5.63. The van der Waals surface area contributed by atoms with Crippen LogP contribution in [0.5, 0.6) is 0 Å². The SMILES string of the molecule is CC(C#N)CN1CC(C)CC1C. The van der Waals surface area contributed by atoms with Gasteiger partial charge < -0.3 is 0 Å². The first-order valence-electron chi connectivity index (χ1n) is 4.77. The van der Waals surface area contributed by atoms with Gasteiger partial charge >= 0.3 is 0 Å². The lowest BCUT2D eigenvalue weighted by Gasteiger charge is -2.21. The molecule has 12 heavy (non-hydrogen) atoms. The Labute approximate surface area is 75.2 Å². The monoisotopic (exact) mass is 166 g/mol. The van der Waals surface area contributed by atoms with E-state index in [0.29, 0.717) is 6.04 Å². The van der Waals surface area contributed by atoms with Crippen LogP contribution in [0.25, 0.3) is 0 Å². The quantitative estimate of drug-likeness (QED) is 0.626. The van der Waals surface area contributed by atoms with Gasteiger partial charge in [0.05, 0.1) is 12.0 Å². The van der Waals surface area contributed by atoms with Crippen molar-refractivity contribution in [2.24, 2.45) is 11.8 Å². The summed E-state index contributed by atoms with van der Waals surface area (Å²) in [7, 11) is 0. The average molecular weight is 166 g/mol. The van der Waals surface area contributed by atoms with Crippen LogP contribution in [-0.4, -0.2) is 24.0 Å². The molecule has 0 bridgehead atoms. The van der Waals surface area contributed by atoms with Gasteiger partial charge in [-0.15, -0.1) is 0 Å². The zero-order valence-corrected chi connectivity index (χ0v) is 8.25. The van der Waals surface area contributed by atoms with E-state index in [0.717, 1.165) is 12.5 Å².